The zero-order valence-electron chi connectivity index (χ0n) is 19.5. The molecule has 0 aliphatic heterocycles. The highest BCUT2D eigenvalue weighted by molar-refractivity contribution is 5.76. The van der Waals surface area contributed by atoms with E-state index in [1.54, 1.807) is 28.4 Å². The van der Waals surface area contributed by atoms with E-state index in [-0.39, 0.29) is 24.4 Å². The molecule has 0 saturated heterocycles. The van der Waals surface area contributed by atoms with Gasteiger partial charge in [0.2, 0.25) is 11.8 Å². The number of amides is 2. The van der Waals surface area contributed by atoms with Crippen LogP contribution in [0.4, 0.5) is 0 Å². The molecule has 0 fully saturated rings. The van der Waals surface area contributed by atoms with E-state index >= 15 is 0 Å². The van der Waals surface area contributed by atoms with Gasteiger partial charge in [0.15, 0.2) is 12.6 Å². The molecule has 0 aliphatic rings. The molecular formula is C22H44N2O6. The lowest BCUT2D eigenvalue weighted by atomic mass is 10.1. The van der Waals surface area contributed by atoms with Gasteiger partial charge in [-0.2, -0.15) is 0 Å². The van der Waals surface area contributed by atoms with Gasteiger partial charge in [0, 0.05) is 67.2 Å². The number of carbonyl (C=O) groups is 2. The summed E-state index contributed by atoms with van der Waals surface area (Å²) in [6, 6.07) is 0. The number of unbranched alkanes of at least 4 members (excludes halogenated alkanes) is 5. The molecule has 0 radical (unpaired) electrons. The molecule has 0 aromatic heterocycles. The number of hydrogen-bond acceptors (Lipinski definition) is 6. The van der Waals surface area contributed by atoms with Crippen molar-refractivity contribution >= 4 is 11.8 Å². The highest BCUT2D eigenvalue weighted by Crippen LogP contribution is 2.12. The van der Waals surface area contributed by atoms with Crippen LogP contribution in [-0.4, -0.2) is 70.8 Å². The Balaban J connectivity index is 4.25. The van der Waals surface area contributed by atoms with Gasteiger partial charge < -0.3 is 29.6 Å². The van der Waals surface area contributed by atoms with Crippen molar-refractivity contribution < 1.29 is 28.5 Å². The summed E-state index contributed by atoms with van der Waals surface area (Å²) in [5.74, 6) is -0.0353. The smallest absolute Gasteiger partial charge is 0.222 e. The van der Waals surface area contributed by atoms with Crippen LogP contribution >= 0.6 is 0 Å². The van der Waals surface area contributed by atoms with Crippen molar-refractivity contribution in [3.63, 3.8) is 0 Å². The Labute approximate surface area is 182 Å². The second-order valence-electron chi connectivity index (χ2n) is 7.55. The quantitative estimate of drug-likeness (QED) is 0.221. The molecule has 0 atom stereocenters. The largest absolute Gasteiger partial charge is 0.370 e. The van der Waals surface area contributed by atoms with Gasteiger partial charge in [-0.05, 0) is 25.7 Å². The van der Waals surface area contributed by atoms with E-state index in [1.807, 2.05) is 4.90 Å². The lowest BCUT2D eigenvalue weighted by Crippen LogP contribution is -2.34. The van der Waals surface area contributed by atoms with Crippen LogP contribution in [0.25, 0.3) is 0 Å². The first kappa shape index (κ1) is 28.8. The van der Waals surface area contributed by atoms with Crippen LogP contribution < -0.4 is 5.73 Å². The number of nitrogens with two attached hydrogens (primary N) is 1. The summed E-state index contributed by atoms with van der Waals surface area (Å²) in [4.78, 5) is 25.4. The van der Waals surface area contributed by atoms with Crippen LogP contribution in [0.1, 0.15) is 77.0 Å². The number of rotatable bonds is 21. The van der Waals surface area contributed by atoms with Crippen molar-refractivity contribution in [2.45, 2.75) is 89.6 Å². The highest BCUT2D eigenvalue weighted by atomic mass is 16.7. The summed E-state index contributed by atoms with van der Waals surface area (Å²) >= 11 is 0. The topological polar surface area (TPSA) is 100 Å². The van der Waals surface area contributed by atoms with Crippen LogP contribution in [0.3, 0.4) is 0 Å². The zero-order valence-corrected chi connectivity index (χ0v) is 19.5. The predicted octanol–water partition coefficient (Wildman–Crippen LogP) is 3.22. The predicted molar refractivity (Wildman–Crippen MR) is 117 cm³/mol. The molecule has 0 spiro atoms. The van der Waals surface area contributed by atoms with E-state index in [2.05, 4.69) is 0 Å². The van der Waals surface area contributed by atoms with E-state index in [4.69, 9.17) is 24.7 Å². The molecule has 2 amide bonds. The maximum Gasteiger partial charge on any atom is 0.222 e. The van der Waals surface area contributed by atoms with Crippen LogP contribution in [0, 0.1) is 0 Å². The standard InChI is InChI=1S/C22H44N2O6/c1-27-21(28-2)15-11-17-24(18-12-16-22(29-3)30-4)20(26)14-10-8-6-5-7-9-13-19(23)25/h21-22H,5-18H2,1-4H3,(H2,23,25). The molecule has 8 heteroatoms. The summed E-state index contributed by atoms with van der Waals surface area (Å²) in [7, 11) is 6.50. The maximum atomic E-state index is 12.7. The van der Waals surface area contributed by atoms with Crippen molar-refractivity contribution in [2.75, 3.05) is 41.5 Å². The van der Waals surface area contributed by atoms with E-state index in [0.29, 0.717) is 25.9 Å². The summed E-state index contributed by atoms with van der Waals surface area (Å²) < 4.78 is 20.9. The van der Waals surface area contributed by atoms with Crippen molar-refractivity contribution in [3.05, 3.63) is 0 Å². The van der Waals surface area contributed by atoms with Gasteiger partial charge in [0.05, 0.1) is 0 Å². The first-order valence-corrected chi connectivity index (χ1v) is 11.2. The molecule has 30 heavy (non-hydrogen) atoms. The Morgan fingerprint density at radius 3 is 1.47 bits per heavy atom. The Bertz CT molecular complexity index is 410. The number of primary amides is 1. The second kappa shape index (κ2) is 19.7. The first-order valence-electron chi connectivity index (χ1n) is 11.2. The minimum atomic E-state index is -0.233. The summed E-state index contributed by atoms with van der Waals surface area (Å²) in [6.45, 7) is 1.39. The Morgan fingerprint density at radius 1 is 0.667 bits per heavy atom. The molecule has 0 aliphatic carbocycles. The van der Waals surface area contributed by atoms with Crippen LogP contribution in [0.5, 0.6) is 0 Å². The average Bonchev–Trinajstić information content (AvgIpc) is 2.74. The van der Waals surface area contributed by atoms with E-state index in [9.17, 15) is 9.59 Å². The van der Waals surface area contributed by atoms with Gasteiger partial charge in [0.1, 0.15) is 0 Å². The summed E-state index contributed by atoms with van der Waals surface area (Å²) in [5, 5.41) is 0. The number of ether oxygens (including phenoxy) is 4. The van der Waals surface area contributed by atoms with Crippen LogP contribution in [-0.2, 0) is 28.5 Å². The lowest BCUT2D eigenvalue weighted by Gasteiger charge is -2.24. The van der Waals surface area contributed by atoms with Gasteiger partial charge in [-0.3, -0.25) is 9.59 Å². The van der Waals surface area contributed by atoms with Crippen molar-refractivity contribution in [1.82, 2.24) is 4.90 Å². The monoisotopic (exact) mass is 432 g/mol. The normalized spacial score (nSPS) is 11.4. The van der Waals surface area contributed by atoms with Gasteiger partial charge >= 0.3 is 0 Å². The third-order valence-electron chi connectivity index (χ3n) is 5.20. The van der Waals surface area contributed by atoms with Crippen LogP contribution in [0.15, 0.2) is 0 Å². The Morgan fingerprint density at radius 2 is 1.07 bits per heavy atom. The molecule has 0 bridgehead atoms. The minimum absolute atomic E-state index is 0.196. The minimum Gasteiger partial charge on any atom is -0.370 e. The van der Waals surface area contributed by atoms with E-state index in [0.717, 1.165) is 64.2 Å². The summed E-state index contributed by atoms with van der Waals surface area (Å²) in [6.07, 6.45) is 9.68. The fraction of sp³-hybridized carbons (Fsp3) is 0.909. The number of hydrogen-bond donors (Lipinski definition) is 1. The number of methoxy groups -OCH3 is 4. The van der Waals surface area contributed by atoms with E-state index in [1.165, 1.54) is 0 Å². The van der Waals surface area contributed by atoms with Gasteiger partial charge in [0.25, 0.3) is 0 Å². The fourth-order valence-electron chi connectivity index (χ4n) is 3.36. The zero-order chi connectivity index (χ0) is 22.6. The van der Waals surface area contributed by atoms with Gasteiger partial charge in [-0.25, -0.2) is 0 Å². The third-order valence-corrected chi connectivity index (χ3v) is 5.20. The highest BCUT2D eigenvalue weighted by Gasteiger charge is 2.15. The first-order chi connectivity index (χ1) is 14.5. The summed E-state index contributed by atoms with van der Waals surface area (Å²) in [5.41, 5.74) is 5.14. The second-order valence-corrected chi connectivity index (χ2v) is 7.55. The SMILES string of the molecule is COC(CCCN(CCCC(OC)OC)C(=O)CCCCCCCCC(N)=O)OC. The van der Waals surface area contributed by atoms with Gasteiger partial charge in [-0.15, -0.1) is 0 Å². The maximum absolute atomic E-state index is 12.7. The molecule has 0 unspecified atom stereocenters. The molecule has 2 N–H and O–H groups in total. The lowest BCUT2D eigenvalue weighted by molar-refractivity contribution is -0.133. The fourth-order valence-corrected chi connectivity index (χ4v) is 3.36. The molecule has 8 nitrogen and oxygen atoms in total. The molecular weight excluding hydrogens is 388 g/mol. The molecule has 0 heterocycles. The van der Waals surface area contributed by atoms with E-state index < -0.39 is 0 Å². The van der Waals surface area contributed by atoms with Crippen LogP contribution in [0.2, 0.25) is 0 Å². The molecule has 0 saturated carbocycles. The number of carbonyl (C=O) groups excluding carboxylic acids is 2. The molecule has 0 rings (SSSR count). The molecule has 0 aromatic carbocycles. The molecule has 0 aromatic rings. The van der Waals surface area contributed by atoms with Crippen molar-refractivity contribution in [1.29, 1.82) is 0 Å². The third kappa shape index (κ3) is 15.6. The number of nitrogens with zero attached hydrogens (tertiary/aromatic N) is 1. The van der Waals surface area contributed by atoms with Gasteiger partial charge in [-0.1, -0.05) is 25.7 Å². The molecule has 178 valence electrons. The van der Waals surface area contributed by atoms with Crippen molar-refractivity contribution in [3.8, 4) is 0 Å². The Kier molecular flexibility index (Phi) is 18.9. The average molecular weight is 433 g/mol. The Hall–Kier alpha value is -1.22. The van der Waals surface area contributed by atoms with Crippen molar-refractivity contribution in [2.24, 2.45) is 5.73 Å².